The molecule has 0 aliphatic carbocycles. The summed E-state index contributed by atoms with van der Waals surface area (Å²) in [7, 11) is 1.65. The normalized spacial score (nSPS) is 12.8. The van der Waals surface area contributed by atoms with Crippen LogP contribution in [0.3, 0.4) is 0 Å². The average Bonchev–Trinajstić information content (AvgIpc) is 2.11. The lowest BCUT2D eigenvalue weighted by Crippen LogP contribution is -2.20. The fourth-order valence-electron chi connectivity index (χ4n) is 1.23. The maximum absolute atomic E-state index is 9.41. The lowest BCUT2D eigenvalue weighted by molar-refractivity contribution is 0.245. The molecule has 0 aromatic heterocycles. The number of hydrogen-bond acceptors (Lipinski definition) is 4. The van der Waals surface area contributed by atoms with Crippen LogP contribution in [0, 0.1) is 0 Å². The zero-order valence-corrected chi connectivity index (χ0v) is 7.36. The number of aliphatic hydroxyl groups is 1. The Labute approximate surface area is 76.5 Å². The van der Waals surface area contributed by atoms with Crippen LogP contribution in [0.25, 0.3) is 0 Å². The minimum absolute atomic E-state index is 0.0200. The third-order valence-corrected chi connectivity index (χ3v) is 1.94. The molecule has 0 aliphatic heterocycles. The maximum atomic E-state index is 9.41. The SMILES string of the molecule is CNC(CO)c1c(O)cccc1O. The van der Waals surface area contributed by atoms with E-state index in [0.717, 1.165) is 0 Å². The minimum atomic E-state index is -0.443. The van der Waals surface area contributed by atoms with Crippen molar-refractivity contribution in [2.45, 2.75) is 6.04 Å². The summed E-state index contributed by atoms with van der Waals surface area (Å²) in [6, 6.07) is 4.03. The van der Waals surface area contributed by atoms with Crippen LogP contribution in [-0.4, -0.2) is 29.0 Å². The highest BCUT2D eigenvalue weighted by molar-refractivity contribution is 5.45. The van der Waals surface area contributed by atoms with Crippen molar-refractivity contribution in [2.75, 3.05) is 13.7 Å². The summed E-state index contributed by atoms with van der Waals surface area (Å²) in [5, 5.41) is 30.5. The highest BCUT2D eigenvalue weighted by Gasteiger charge is 2.16. The lowest BCUT2D eigenvalue weighted by Gasteiger charge is -2.15. The molecule has 0 bridgehead atoms. The molecule has 0 aliphatic rings. The molecule has 0 amide bonds. The Bertz CT molecular complexity index is 264. The van der Waals surface area contributed by atoms with Crippen LogP contribution in [0.1, 0.15) is 11.6 Å². The van der Waals surface area contributed by atoms with Gasteiger partial charge >= 0.3 is 0 Å². The molecule has 13 heavy (non-hydrogen) atoms. The monoisotopic (exact) mass is 183 g/mol. The largest absolute Gasteiger partial charge is 0.507 e. The number of nitrogens with one attached hydrogen (secondary N) is 1. The molecule has 1 unspecified atom stereocenters. The molecule has 0 fully saturated rings. The van der Waals surface area contributed by atoms with Crippen molar-refractivity contribution in [2.24, 2.45) is 0 Å². The van der Waals surface area contributed by atoms with Gasteiger partial charge in [-0.05, 0) is 19.2 Å². The van der Waals surface area contributed by atoms with E-state index in [-0.39, 0.29) is 18.1 Å². The summed E-state index contributed by atoms with van der Waals surface area (Å²) in [5.74, 6) is -0.0400. The first kappa shape index (κ1) is 9.83. The molecule has 1 atom stereocenters. The fourth-order valence-corrected chi connectivity index (χ4v) is 1.23. The number of phenols is 2. The van der Waals surface area contributed by atoms with E-state index in [1.165, 1.54) is 18.2 Å². The lowest BCUT2D eigenvalue weighted by atomic mass is 10.1. The highest BCUT2D eigenvalue weighted by Crippen LogP contribution is 2.31. The number of likely N-dealkylation sites (N-methyl/N-ethyl adjacent to an activating group) is 1. The van der Waals surface area contributed by atoms with Crippen LogP contribution in [0.4, 0.5) is 0 Å². The van der Waals surface area contributed by atoms with Gasteiger partial charge < -0.3 is 20.6 Å². The third kappa shape index (κ3) is 1.91. The van der Waals surface area contributed by atoms with Crippen LogP contribution < -0.4 is 5.32 Å². The van der Waals surface area contributed by atoms with Gasteiger partial charge in [-0.1, -0.05) is 6.07 Å². The Morgan fingerprint density at radius 1 is 1.31 bits per heavy atom. The zero-order chi connectivity index (χ0) is 9.84. The van der Waals surface area contributed by atoms with Gasteiger partial charge in [0.2, 0.25) is 0 Å². The predicted molar refractivity (Wildman–Crippen MR) is 48.7 cm³/mol. The molecule has 1 aromatic rings. The quantitative estimate of drug-likeness (QED) is 0.545. The van der Waals surface area contributed by atoms with Gasteiger partial charge in [0, 0.05) is 0 Å². The Morgan fingerprint density at radius 2 is 1.85 bits per heavy atom. The van der Waals surface area contributed by atoms with Crippen LogP contribution in [0.5, 0.6) is 11.5 Å². The van der Waals surface area contributed by atoms with Crippen molar-refractivity contribution in [3.05, 3.63) is 23.8 Å². The molecular formula is C9H13NO3. The van der Waals surface area contributed by atoms with Crippen LogP contribution >= 0.6 is 0 Å². The summed E-state index contributed by atoms with van der Waals surface area (Å²) in [4.78, 5) is 0. The second-order valence-corrected chi connectivity index (χ2v) is 2.73. The van der Waals surface area contributed by atoms with Crippen molar-refractivity contribution >= 4 is 0 Å². The summed E-state index contributed by atoms with van der Waals surface area (Å²) >= 11 is 0. The summed E-state index contributed by atoms with van der Waals surface area (Å²) < 4.78 is 0. The summed E-state index contributed by atoms with van der Waals surface area (Å²) in [5.41, 5.74) is 0.326. The topological polar surface area (TPSA) is 72.7 Å². The first-order valence-electron chi connectivity index (χ1n) is 3.99. The molecule has 0 radical (unpaired) electrons. The predicted octanol–water partition coefficient (Wildman–Crippen LogP) is 0.351. The molecule has 1 aromatic carbocycles. The number of benzene rings is 1. The van der Waals surface area contributed by atoms with E-state index in [0.29, 0.717) is 5.56 Å². The molecular weight excluding hydrogens is 170 g/mol. The van der Waals surface area contributed by atoms with E-state index in [2.05, 4.69) is 5.32 Å². The molecule has 1 rings (SSSR count). The molecule has 0 saturated carbocycles. The van der Waals surface area contributed by atoms with Gasteiger partial charge in [0.1, 0.15) is 11.5 Å². The van der Waals surface area contributed by atoms with Gasteiger partial charge in [0.25, 0.3) is 0 Å². The molecule has 0 saturated heterocycles. The van der Waals surface area contributed by atoms with Crippen molar-refractivity contribution < 1.29 is 15.3 Å². The minimum Gasteiger partial charge on any atom is -0.507 e. The second kappa shape index (κ2) is 4.11. The first-order valence-corrected chi connectivity index (χ1v) is 3.99. The zero-order valence-electron chi connectivity index (χ0n) is 7.36. The molecule has 4 N–H and O–H groups in total. The first-order chi connectivity index (χ1) is 6.20. The summed E-state index contributed by atoms with van der Waals surface area (Å²) in [6.45, 7) is -0.179. The van der Waals surface area contributed by atoms with Gasteiger partial charge in [-0.2, -0.15) is 0 Å². The molecule has 4 nitrogen and oxygen atoms in total. The van der Waals surface area contributed by atoms with E-state index in [4.69, 9.17) is 5.11 Å². The van der Waals surface area contributed by atoms with E-state index in [1.807, 2.05) is 0 Å². The number of aliphatic hydroxyl groups excluding tert-OH is 1. The maximum Gasteiger partial charge on any atom is 0.124 e. The molecule has 72 valence electrons. The van der Waals surface area contributed by atoms with Crippen molar-refractivity contribution in [3.63, 3.8) is 0 Å². The van der Waals surface area contributed by atoms with Gasteiger partial charge in [-0.25, -0.2) is 0 Å². The van der Waals surface area contributed by atoms with Crippen molar-refractivity contribution in [1.82, 2.24) is 5.32 Å². The number of rotatable bonds is 3. The Kier molecular flexibility index (Phi) is 3.11. The highest BCUT2D eigenvalue weighted by atomic mass is 16.3. The Morgan fingerprint density at radius 3 is 2.23 bits per heavy atom. The van der Waals surface area contributed by atoms with Crippen LogP contribution in [0.2, 0.25) is 0 Å². The van der Waals surface area contributed by atoms with E-state index in [1.54, 1.807) is 7.05 Å². The molecule has 0 spiro atoms. The number of hydrogen-bond donors (Lipinski definition) is 4. The van der Waals surface area contributed by atoms with Gasteiger partial charge in [-0.15, -0.1) is 0 Å². The third-order valence-electron chi connectivity index (χ3n) is 1.94. The number of phenolic OH excluding ortho intramolecular Hbond substituents is 2. The van der Waals surface area contributed by atoms with Crippen molar-refractivity contribution in [3.8, 4) is 11.5 Å². The average molecular weight is 183 g/mol. The van der Waals surface area contributed by atoms with Crippen LogP contribution in [-0.2, 0) is 0 Å². The van der Waals surface area contributed by atoms with Gasteiger partial charge in [0.15, 0.2) is 0 Å². The number of aromatic hydroxyl groups is 2. The Balaban J connectivity index is 3.10. The van der Waals surface area contributed by atoms with Crippen molar-refractivity contribution in [1.29, 1.82) is 0 Å². The molecule has 4 heteroatoms. The fraction of sp³-hybridized carbons (Fsp3) is 0.333. The smallest absolute Gasteiger partial charge is 0.124 e. The molecule has 0 heterocycles. The van der Waals surface area contributed by atoms with Gasteiger partial charge in [-0.3, -0.25) is 0 Å². The Hall–Kier alpha value is -1.26. The van der Waals surface area contributed by atoms with Gasteiger partial charge in [0.05, 0.1) is 18.2 Å². The standard InChI is InChI=1S/C9H13NO3/c1-10-6(5-11)9-7(12)3-2-4-8(9)13/h2-4,6,10-13H,5H2,1H3. The summed E-state index contributed by atoms with van der Waals surface area (Å²) in [6.07, 6.45) is 0. The van der Waals surface area contributed by atoms with E-state index >= 15 is 0 Å². The van der Waals surface area contributed by atoms with E-state index in [9.17, 15) is 10.2 Å². The van der Waals surface area contributed by atoms with Crippen LogP contribution in [0.15, 0.2) is 18.2 Å². The second-order valence-electron chi connectivity index (χ2n) is 2.73. The van der Waals surface area contributed by atoms with E-state index < -0.39 is 6.04 Å².